The van der Waals surface area contributed by atoms with E-state index < -0.39 is 0 Å². The minimum absolute atomic E-state index is 0.106. The highest BCUT2D eigenvalue weighted by Gasteiger charge is 2.29. The number of hydrogen-bond acceptors (Lipinski definition) is 4. The Morgan fingerprint density at radius 2 is 2.04 bits per heavy atom. The number of aromatic nitrogens is 5. The topological polar surface area (TPSA) is 68.8 Å². The van der Waals surface area contributed by atoms with Gasteiger partial charge < -0.3 is 4.90 Å². The first-order chi connectivity index (χ1) is 12.3. The van der Waals surface area contributed by atoms with E-state index in [0.29, 0.717) is 5.69 Å². The van der Waals surface area contributed by atoms with Gasteiger partial charge in [-0.25, -0.2) is 0 Å². The monoisotopic (exact) mass is 336 g/mol. The lowest BCUT2D eigenvalue weighted by Gasteiger charge is -2.24. The fraction of sp³-hybridized carbons (Fsp3) is 0.333. The van der Waals surface area contributed by atoms with Crippen LogP contribution < -0.4 is 0 Å². The number of nitrogens with zero attached hydrogens (tertiary/aromatic N) is 6. The zero-order chi connectivity index (χ0) is 17.1. The SMILES string of the molecule is O=C(Cc1cnn(-c2ccccc2)n1)N1CCC[C@@H]1Cn1cccn1. The van der Waals surface area contributed by atoms with Gasteiger partial charge in [0, 0.05) is 18.9 Å². The molecule has 1 aliphatic rings. The molecule has 7 heteroatoms. The highest BCUT2D eigenvalue weighted by Crippen LogP contribution is 2.20. The zero-order valence-electron chi connectivity index (χ0n) is 13.9. The van der Waals surface area contributed by atoms with Crippen molar-refractivity contribution in [2.45, 2.75) is 31.8 Å². The van der Waals surface area contributed by atoms with Gasteiger partial charge in [-0.05, 0) is 31.0 Å². The van der Waals surface area contributed by atoms with E-state index in [1.807, 2.05) is 52.2 Å². The number of benzene rings is 1. The lowest BCUT2D eigenvalue weighted by Crippen LogP contribution is -2.39. The second-order valence-electron chi connectivity index (χ2n) is 6.25. The molecule has 0 N–H and O–H groups in total. The lowest BCUT2D eigenvalue weighted by molar-refractivity contribution is -0.131. The quantitative estimate of drug-likeness (QED) is 0.711. The van der Waals surface area contributed by atoms with E-state index in [0.717, 1.165) is 31.6 Å². The Balaban J connectivity index is 1.42. The maximum absolute atomic E-state index is 12.7. The van der Waals surface area contributed by atoms with E-state index in [2.05, 4.69) is 15.3 Å². The number of carbonyl (C=O) groups excluding carboxylic acids is 1. The zero-order valence-corrected chi connectivity index (χ0v) is 13.9. The summed E-state index contributed by atoms with van der Waals surface area (Å²) in [5.41, 5.74) is 1.58. The molecular weight excluding hydrogens is 316 g/mol. The first kappa shape index (κ1) is 15.6. The number of hydrogen-bond donors (Lipinski definition) is 0. The number of amides is 1. The van der Waals surface area contributed by atoms with E-state index >= 15 is 0 Å². The first-order valence-corrected chi connectivity index (χ1v) is 8.53. The molecule has 1 aromatic carbocycles. The predicted molar refractivity (Wildman–Crippen MR) is 92.0 cm³/mol. The van der Waals surface area contributed by atoms with Gasteiger partial charge in [-0.3, -0.25) is 9.48 Å². The second kappa shape index (κ2) is 6.88. The van der Waals surface area contributed by atoms with Gasteiger partial charge in [-0.15, -0.1) is 0 Å². The molecule has 0 spiro atoms. The van der Waals surface area contributed by atoms with Gasteiger partial charge >= 0.3 is 0 Å². The Kier molecular flexibility index (Phi) is 4.28. The fourth-order valence-electron chi connectivity index (χ4n) is 3.30. The summed E-state index contributed by atoms with van der Waals surface area (Å²) in [5.74, 6) is 0.106. The van der Waals surface area contributed by atoms with Crippen LogP contribution in [0.4, 0.5) is 0 Å². The fourth-order valence-corrected chi connectivity index (χ4v) is 3.30. The van der Waals surface area contributed by atoms with Crippen molar-refractivity contribution in [3.63, 3.8) is 0 Å². The smallest absolute Gasteiger partial charge is 0.229 e. The van der Waals surface area contributed by atoms with Crippen LogP contribution in [-0.2, 0) is 17.8 Å². The number of carbonyl (C=O) groups is 1. The Hall–Kier alpha value is -2.96. The van der Waals surface area contributed by atoms with E-state index in [9.17, 15) is 4.79 Å². The minimum atomic E-state index is 0.106. The third-order valence-electron chi connectivity index (χ3n) is 4.51. The van der Waals surface area contributed by atoms with Crippen LogP contribution in [0.25, 0.3) is 5.69 Å². The largest absolute Gasteiger partial charge is 0.338 e. The van der Waals surface area contributed by atoms with E-state index in [1.54, 1.807) is 17.2 Å². The molecule has 0 radical (unpaired) electrons. The Morgan fingerprint density at radius 3 is 2.84 bits per heavy atom. The van der Waals surface area contributed by atoms with Gasteiger partial charge in [0.1, 0.15) is 0 Å². The second-order valence-corrected chi connectivity index (χ2v) is 6.25. The molecule has 1 amide bonds. The average Bonchev–Trinajstić information content (AvgIpc) is 3.38. The maximum atomic E-state index is 12.7. The molecule has 0 unspecified atom stereocenters. The van der Waals surface area contributed by atoms with E-state index in [4.69, 9.17) is 0 Å². The van der Waals surface area contributed by atoms with Crippen molar-refractivity contribution in [1.29, 1.82) is 0 Å². The lowest BCUT2D eigenvalue weighted by atomic mass is 10.2. The molecule has 0 saturated carbocycles. The summed E-state index contributed by atoms with van der Waals surface area (Å²) < 4.78 is 1.89. The van der Waals surface area contributed by atoms with Gasteiger partial charge in [0.2, 0.25) is 5.91 Å². The molecule has 1 aliphatic heterocycles. The molecule has 128 valence electrons. The molecule has 4 rings (SSSR count). The normalized spacial score (nSPS) is 17.1. The van der Waals surface area contributed by atoms with Crippen LogP contribution in [-0.4, -0.2) is 48.2 Å². The molecule has 0 bridgehead atoms. The summed E-state index contributed by atoms with van der Waals surface area (Å²) in [5, 5.41) is 12.9. The van der Waals surface area contributed by atoms with Crippen molar-refractivity contribution in [3.05, 3.63) is 60.7 Å². The van der Waals surface area contributed by atoms with Gasteiger partial charge in [-0.2, -0.15) is 20.1 Å². The standard InChI is InChI=1S/C18H20N6O/c25-18(23-11-4-8-17(23)14-22-10-5-9-19-22)12-15-13-20-24(21-15)16-6-2-1-3-7-16/h1-3,5-7,9-10,13,17H,4,8,11-12,14H2/t17-/m1/s1. The first-order valence-electron chi connectivity index (χ1n) is 8.53. The molecule has 0 aliphatic carbocycles. The van der Waals surface area contributed by atoms with Crippen LogP contribution in [0.15, 0.2) is 55.0 Å². The van der Waals surface area contributed by atoms with E-state index in [-0.39, 0.29) is 18.4 Å². The molecular formula is C18H20N6O. The summed E-state index contributed by atoms with van der Waals surface area (Å²) in [7, 11) is 0. The summed E-state index contributed by atoms with van der Waals surface area (Å²) in [6, 6.07) is 11.8. The Bertz CT molecular complexity index is 826. The van der Waals surface area contributed by atoms with E-state index in [1.165, 1.54) is 0 Å². The van der Waals surface area contributed by atoms with Crippen LogP contribution in [0.1, 0.15) is 18.5 Å². The van der Waals surface area contributed by atoms with Crippen molar-refractivity contribution in [2.75, 3.05) is 6.54 Å². The molecule has 3 aromatic rings. The third kappa shape index (κ3) is 3.45. The molecule has 7 nitrogen and oxygen atoms in total. The number of likely N-dealkylation sites (tertiary alicyclic amines) is 1. The van der Waals surface area contributed by atoms with Gasteiger partial charge in [-0.1, -0.05) is 18.2 Å². The van der Waals surface area contributed by atoms with Crippen LogP contribution in [0, 0.1) is 0 Å². The van der Waals surface area contributed by atoms with Crippen molar-refractivity contribution in [3.8, 4) is 5.69 Å². The van der Waals surface area contributed by atoms with Gasteiger partial charge in [0.05, 0.1) is 36.6 Å². The highest BCUT2D eigenvalue weighted by molar-refractivity contribution is 5.78. The van der Waals surface area contributed by atoms with Crippen molar-refractivity contribution in [1.82, 2.24) is 29.7 Å². The molecule has 2 aromatic heterocycles. The summed E-state index contributed by atoms with van der Waals surface area (Å²) in [4.78, 5) is 16.2. The number of rotatable bonds is 5. The third-order valence-corrected chi connectivity index (χ3v) is 4.51. The highest BCUT2D eigenvalue weighted by atomic mass is 16.2. The summed E-state index contributed by atoms with van der Waals surface area (Å²) in [6.07, 6.45) is 7.71. The molecule has 1 fully saturated rings. The summed E-state index contributed by atoms with van der Waals surface area (Å²) in [6.45, 7) is 1.55. The molecule has 1 atom stereocenters. The predicted octanol–water partition coefficient (Wildman–Crippen LogP) is 1.70. The summed E-state index contributed by atoms with van der Waals surface area (Å²) >= 11 is 0. The Morgan fingerprint density at radius 1 is 1.16 bits per heavy atom. The van der Waals surface area contributed by atoms with Crippen LogP contribution in [0.3, 0.4) is 0 Å². The van der Waals surface area contributed by atoms with Crippen LogP contribution in [0.5, 0.6) is 0 Å². The van der Waals surface area contributed by atoms with Crippen molar-refractivity contribution in [2.24, 2.45) is 0 Å². The van der Waals surface area contributed by atoms with Crippen molar-refractivity contribution >= 4 is 5.91 Å². The Labute approximate surface area is 145 Å². The average molecular weight is 336 g/mol. The molecule has 3 heterocycles. The number of para-hydroxylation sites is 1. The van der Waals surface area contributed by atoms with Crippen molar-refractivity contribution < 1.29 is 4.79 Å². The van der Waals surface area contributed by atoms with Crippen LogP contribution >= 0.6 is 0 Å². The molecule has 25 heavy (non-hydrogen) atoms. The maximum Gasteiger partial charge on any atom is 0.229 e. The van der Waals surface area contributed by atoms with Gasteiger partial charge in [0.15, 0.2) is 0 Å². The molecule has 1 saturated heterocycles. The minimum Gasteiger partial charge on any atom is -0.338 e. The van der Waals surface area contributed by atoms with Gasteiger partial charge in [0.25, 0.3) is 0 Å². The van der Waals surface area contributed by atoms with Crippen LogP contribution in [0.2, 0.25) is 0 Å².